The molecule has 1 amide bonds. The van der Waals surface area contributed by atoms with Crippen LogP contribution in [0.3, 0.4) is 0 Å². The Morgan fingerprint density at radius 2 is 1.79 bits per heavy atom. The van der Waals surface area contributed by atoms with Crippen molar-refractivity contribution in [2.24, 2.45) is 51.8 Å². The van der Waals surface area contributed by atoms with Gasteiger partial charge in [0.2, 0.25) is 5.91 Å². The third-order valence-electron chi connectivity index (χ3n) is 12.5. The van der Waals surface area contributed by atoms with E-state index in [2.05, 4.69) is 32.2 Å². The minimum absolute atomic E-state index is 0.0205. The molecule has 0 saturated heterocycles. The molecule has 4 saturated carbocycles. The summed E-state index contributed by atoms with van der Waals surface area (Å²) in [5.74, 6) is 2.88. The van der Waals surface area contributed by atoms with E-state index in [1.807, 2.05) is 20.8 Å². The summed E-state index contributed by atoms with van der Waals surface area (Å²) in [6.07, 6.45) is 10.8. The van der Waals surface area contributed by atoms with E-state index in [0.717, 1.165) is 38.5 Å². The molecule has 4 aliphatic carbocycles. The van der Waals surface area contributed by atoms with Crippen LogP contribution >= 0.6 is 0 Å². The molecular weight excluding hydrogens is 488 g/mol. The number of aliphatic hydroxyl groups is 1. The highest BCUT2D eigenvalue weighted by Gasteiger charge is 2.63. The summed E-state index contributed by atoms with van der Waals surface area (Å²) < 4.78 is 6.04. The van der Waals surface area contributed by atoms with Gasteiger partial charge in [-0.3, -0.25) is 9.59 Å². The number of fused-ring (bicyclic) bond motifs is 5. The predicted molar refractivity (Wildman–Crippen MR) is 152 cm³/mol. The SMILES string of the molecule is CCC(C)(C)C(=O)OC1CC[C@@]2(C)C(C1)CC(O)C1C3CCC(C(C)CCC(=O)NCCC#N)[C@@]3(C)CCC12. The average molecular weight is 543 g/mol. The maximum atomic E-state index is 12.8. The normalized spacial score (nSPS) is 40.4. The minimum atomic E-state index is -0.441. The van der Waals surface area contributed by atoms with E-state index in [-0.39, 0.29) is 34.9 Å². The molecule has 0 radical (unpaired) electrons. The number of nitrogens with one attached hydrogen (secondary N) is 1. The van der Waals surface area contributed by atoms with Gasteiger partial charge in [-0.25, -0.2) is 0 Å². The number of hydrogen-bond acceptors (Lipinski definition) is 5. The number of esters is 1. The fourth-order valence-electron chi connectivity index (χ4n) is 9.63. The zero-order valence-electron chi connectivity index (χ0n) is 25.4. The number of amides is 1. The van der Waals surface area contributed by atoms with Gasteiger partial charge in [-0.15, -0.1) is 0 Å². The Morgan fingerprint density at radius 3 is 2.49 bits per heavy atom. The second kappa shape index (κ2) is 11.7. The van der Waals surface area contributed by atoms with Gasteiger partial charge >= 0.3 is 5.97 Å². The lowest BCUT2D eigenvalue weighted by Crippen LogP contribution is -2.59. The summed E-state index contributed by atoms with van der Waals surface area (Å²) in [6.45, 7) is 13.7. The molecule has 0 spiro atoms. The number of hydrogen-bond donors (Lipinski definition) is 2. The molecule has 0 aromatic rings. The summed E-state index contributed by atoms with van der Waals surface area (Å²) in [7, 11) is 0. The van der Waals surface area contributed by atoms with Gasteiger partial charge in [0.05, 0.1) is 24.0 Å². The van der Waals surface area contributed by atoms with E-state index < -0.39 is 5.41 Å². The second-order valence-corrected chi connectivity index (χ2v) is 14.8. The number of carbonyl (C=O) groups is 2. The van der Waals surface area contributed by atoms with Crippen molar-refractivity contribution in [1.82, 2.24) is 5.32 Å². The van der Waals surface area contributed by atoms with Crippen LogP contribution in [0.4, 0.5) is 0 Å². The molecular formula is C33H54N2O4. The molecule has 39 heavy (non-hydrogen) atoms. The van der Waals surface area contributed by atoms with E-state index in [1.54, 1.807) is 0 Å². The summed E-state index contributed by atoms with van der Waals surface area (Å²) in [5.41, 5.74) is -0.0107. The average Bonchev–Trinajstić information content (AvgIpc) is 3.25. The Hall–Kier alpha value is -1.61. The molecule has 0 aromatic carbocycles. The summed E-state index contributed by atoms with van der Waals surface area (Å²) in [5, 5.41) is 23.2. The third kappa shape index (κ3) is 5.77. The fourth-order valence-corrected chi connectivity index (χ4v) is 9.63. The van der Waals surface area contributed by atoms with Crippen molar-refractivity contribution in [2.75, 3.05) is 6.54 Å². The molecule has 6 heteroatoms. The highest BCUT2D eigenvalue weighted by Crippen LogP contribution is 2.68. The van der Waals surface area contributed by atoms with E-state index in [9.17, 15) is 14.7 Å². The van der Waals surface area contributed by atoms with Crippen LogP contribution < -0.4 is 5.32 Å². The maximum Gasteiger partial charge on any atom is 0.311 e. The topological polar surface area (TPSA) is 99.4 Å². The summed E-state index contributed by atoms with van der Waals surface area (Å²) >= 11 is 0. The van der Waals surface area contributed by atoms with Gasteiger partial charge in [-0.05, 0) is 124 Å². The monoisotopic (exact) mass is 542 g/mol. The van der Waals surface area contributed by atoms with Crippen LogP contribution in [0, 0.1) is 63.1 Å². The van der Waals surface area contributed by atoms with Crippen molar-refractivity contribution < 1.29 is 19.4 Å². The molecule has 4 fully saturated rings. The number of carbonyl (C=O) groups excluding carboxylic acids is 2. The molecule has 0 aromatic heterocycles. The first-order valence-electron chi connectivity index (χ1n) is 15.9. The first kappa shape index (κ1) is 30.4. The Kier molecular flexibility index (Phi) is 9.11. The van der Waals surface area contributed by atoms with Gasteiger partial charge in [0.1, 0.15) is 6.10 Å². The van der Waals surface area contributed by atoms with Crippen LogP contribution in [0.1, 0.15) is 119 Å². The van der Waals surface area contributed by atoms with Gasteiger partial charge < -0.3 is 15.2 Å². The fraction of sp³-hybridized carbons (Fsp3) is 0.909. The van der Waals surface area contributed by atoms with Crippen LogP contribution in [0.25, 0.3) is 0 Å². The third-order valence-corrected chi connectivity index (χ3v) is 12.5. The van der Waals surface area contributed by atoms with Gasteiger partial charge in [0.15, 0.2) is 0 Å². The molecule has 4 aliphatic rings. The zero-order chi connectivity index (χ0) is 28.6. The van der Waals surface area contributed by atoms with Crippen molar-refractivity contribution in [2.45, 2.75) is 131 Å². The molecule has 0 bridgehead atoms. The van der Waals surface area contributed by atoms with Crippen LogP contribution in [-0.4, -0.2) is 35.7 Å². The quantitative estimate of drug-likeness (QED) is 0.259. The molecule has 6 nitrogen and oxygen atoms in total. The van der Waals surface area contributed by atoms with Crippen LogP contribution in [0.15, 0.2) is 0 Å². The smallest absolute Gasteiger partial charge is 0.311 e. The number of aliphatic hydroxyl groups excluding tert-OH is 1. The van der Waals surface area contributed by atoms with E-state index in [1.165, 1.54) is 25.7 Å². The highest BCUT2D eigenvalue weighted by atomic mass is 16.5. The number of nitriles is 1. The Balaban J connectivity index is 1.40. The van der Waals surface area contributed by atoms with Gasteiger partial charge in [-0.1, -0.05) is 27.7 Å². The highest BCUT2D eigenvalue weighted by molar-refractivity contribution is 5.76. The van der Waals surface area contributed by atoms with E-state index in [0.29, 0.717) is 54.9 Å². The van der Waals surface area contributed by atoms with Crippen molar-refractivity contribution in [3.05, 3.63) is 0 Å². The Labute approximate surface area is 237 Å². The Morgan fingerprint density at radius 1 is 1.10 bits per heavy atom. The van der Waals surface area contributed by atoms with Crippen molar-refractivity contribution >= 4 is 11.9 Å². The predicted octanol–water partition coefficient (Wildman–Crippen LogP) is 6.41. The molecule has 8 unspecified atom stereocenters. The largest absolute Gasteiger partial charge is 0.462 e. The van der Waals surface area contributed by atoms with Crippen LogP contribution in [0.2, 0.25) is 0 Å². The lowest BCUT2D eigenvalue weighted by molar-refractivity contribution is -0.186. The lowest BCUT2D eigenvalue weighted by Gasteiger charge is -2.62. The Bertz CT molecular complexity index is 942. The number of ether oxygens (including phenoxy) is 1. The molecule has 220 valence electrons. The van der Waals surface area contributed by atoms with Crippen molar-refractivity contribution in [3.8, 4) is 6.07 Å². The summed E-state index contributed by atoms with van der Waals surface area (Å²) in [4.78, 5) is 25.0. The standard InChI is InChI=1S/C33H54N2O4/c1-7-31(3,4)30(38)39-23-13-15-32(5)22(19-23)20-27(36)29-25-11-10-24(33(25,6)16-14-26(29)32)21(2)9-12-28(37)35-18-8-17-34/h21-27,29,36H,7-16,18-20H2,1-6H3,(H,35,37)/t21?,22?,23?,24?,25?,26?,27?,29?,32-,33+/m0/s1. The molecule has 0 aliphatic heterocycles. The number of nitrogens with zero attached hydrogens (tertiary/aromatic N) is 1. The zero-order valence-corrected chi connectivity index (χ0v) is 25.4. The van der Waals surface area contributed by atoms with Crippen molar-refractivity contribution in [1.29, 1.82) is 5.26 Å². The van der Waals surface area contributed by atoms with Gasteiger partial charge in [0.25, 0.3) is 0 Å². The molecule has 10 atom stereocenters. The maximum absolute atomic E-state index is 12.8. The van der Waals surface area contributed by atoms with Gasteiger partial charge in [0, 0.05) is 13.0 Å². The second-order valence-electron chi connectivity index (χ2n) is 14.8. The molecule has 4 rings (SSSR count). The van der Waals surface area contributed by atoms with Crippen LogP contribution in [-0.2, 0) is 14.3 Å². The van der Waals surface area contributed by atoms with Gasteiger partial charge in [-0.2, -0.15) is 5.26 Å². The minimum Gasteiger partial charge on any atom is -0.462 e. The molecule has 0 heterocycles. The van der Waals surface area contributed by atoms with Crippen molar-refractivity contribution in [3.63, 3.8) is 0 Å². The van der Waals surface area contributed by atoms with E-state index >= 15 is 0 Å². The molecule has 2 N–H and O–H groups in total. The summed E-state index contributed by atoms with van der Waals surface area (Å²) in [6, 6.07) is 2.08. The van der Waals surface area contributed by atoms with E-state index in [4.69, 9.17) is 10.00 Å². The first-order chi connectivity index (χ1) is 18.4. The number of rotatable bonds is 9. The van der Waals surface area contributed by atoms with Crippen LogP contribution in [0.5, 0.6) is 0 Å². The lowest BCUT2D eigenvalue weighted by atomic mass is 9.43. The first-order valence-corrected chi connectivity index (χ1v) is 15.9.